The van der Waals surface area contributed by atoms with Crippen molar-refractivity contribution in [2.45, 2.75) is 31.7 Å². The zero-order chi connectivity index (χ0) is 10.3. The third-order valence-electron chi connectivity index (χ3n) is 2.99. The molecule has 1 aliphatic rings. The molecule has 0 aliphatic heterocycles. The van der Waals surface area contributed by atoms with Crippen LogP contribution in [0.5, 0.6) is 0 Å². The molecule has 15 heavy (non-hydrogen) atoms. The van der Waals surface area contributed by atoms with Gasteiger partial charge in [-0.1, -0.05) is 6.42 Å². The van der Waals surface area contributed by atoms with E-state index >= 15 is 0 Å². The van der Waals surface area contributed by atoms with Crippen molar-refractivity contribution in [2.75, 3.05) is 0 Å². The van der Waals surface area contributed by atoms with Crippen LogP contribution in [0.4, 0.5) is 0 Å². The number of nitrogens with two attached hydrogens (primary N) is 1. The third kappa shape index (κ3) is 1.41. The SMILES string of the molecule is NCc1ccc2nc(C3CCC3)oc2n1. The molecular formula is C11H13N3O. The summed E-state index contributed by atoms with van der Waals surface area (Å²) in [5.74, 6) is 1.36. The highest BCUT2D eigenvalue weighted by Gasteiger charge is 2.24. The van der Waals surface area contributed by atoms with Crippen LogP contribution >= 0.6 is 0 Å². The Morgan fingerprint density at radius 2 is 2.20 bits per heavy atom. The number of nitrogens with zero attached hydrogens (tertiary/aromatic N) is 2. The summed E-state index contributed by atoms with van der Waals surface area (Å²) in [6.07, 6.45) is 3.66. The van der Waals surface area contributed by atoms with E-state index in [0.717, 1.165) is 17.1 Å². The van der Waals surface area contributed by atoms with Gasteiger partial charge in [0.1, 0.15) is 5.52 Å². The van der Waals surface area contributed by atoms with Crippen LogP contribution in [-0.4, -0.2) is 9.97 Å². The van der Waals surface area contributed by atoms with Crippen molar-refractivity contribution in [3.8, 4) is 0 Å². The van der Waals surface area contributed by atoms with Gasteiger partial charge in [0.15, 0.2) is 0 Å². The van der Waals surface area contributed by atoms with Crippen LogP contribution < -0.4 is 5.73 Å². The van der Waals surface area contributed by atoms with Crippen molar-refractivity contribution in [3.63, 3.8) is 0 Å². The van der Waals surface area contributed by atoms with Gasteiger partial charge >= 0.3 is 0 Å². The van der Waals surface area contributed by atoms with E-state index in [2.05, 4.69) is 9.97 Å². The molecule has 2 heterocycles. The van der Waals surface area contributed by atoms with E-state index in [9.17, 15) is 0 Å². The maximum absolute atomic E-state index is 5.64. The Kier molecular flexibility index (Phi) is 1.95. The number of pyridine rings is 1. The van der Waals surface area contributed by atoms with E-state index in [4.69, 9.17) is 10.2 Å². The molecule has 1 aliphatic carbocycles. The highest BCUT2D eigenvalue weighted by Crippen LogP contribution is 2.36. The summed E-state index contributed by atoms with van der Waals surface area (Å²) < 4.78 is 5.64. The smallest absolute Gasteiger partial charge is 0.247 e. The Morgan fingerprint density at radius 3 is 2.87 bits per heavy atom. The number of rotatable bonds is 2. The number of aromatic nitrogens is 2. The van der Waals surface area contributed by atoms with Gasteiger partial charge in [-0.15, -0.1) is 0 Å². The van der Waals surface area contributed by atoms with Gasteiger partial charge in [-0.2, -0.15) is 0 Å². The van der Waals surface area contributed by atoms with E-state index in [0.29, 0.717) is 18.2 Å². The molecule has 0 saturated heterocycles. The van der Waals surface area contributed by atoms with Crippen molar-refractivity contribution < 1.29 is 4.42 Å². The maximum Gasteiger partial charge on any atom is 0.247 e. The van der Waals surface area contributed by atoms with Crippen molar-refractivity contribution in [2.24, 2.45) is 5.73 Å². The van der Waals surface area contributed by atoms with Crippen LogP contribution in [-0.2, 0) is 6.54 Å². The predicted octanol–water partition coefficient (Wildman–Crippen LogP) is 1.95. The molecule has 0 aromatic carbocycles. The summed E-state index contributed by atoms with van der Waals surface area (Å²) in [5, 5.41) is 0. The fraction of sp³-hybridized carbons (Fsp3) is 0.455. The normalized spacial score (nSPS) is 16.9. The van der Waals surface area contributed by atoms with Crippen LogP contribution in [0.15, 0.2) is 16.5 Å². The number of oxazole rings is 1. The predicted molar refractivity (Wildman–Crippen MR) is 56.3 cm³/mol. The minimum atomic E-state index is 0.440. The molecule has 0 spiro atoms. The average molecular weight is 203 g/mol. The molecule has 0 atom stereocenters. The second-order valence-corrected chi connectivity index (χ2v) is 4.01. The summed E-state index contributed by atoms with van der Waals surface area (Å²) in [6, 6.07) is 3.82. The fourth-order valence-corrected chi connectivity index (χ4v) is 1.82. The Bertz CT molecular complexity index is 488. The maximum atomic E-state index is 5.64. The second kappa shape index (κ2) is 3.31. The molecular weight excluding hydrogens is 190 g/mol. The summed E-state index contributed by atoms with van der Waals surface area (Å²) in [6.45, 7) is 0.440. The largest absolute Gasteiger partial charge is 0.422 e. The lowest BCUT2D eigenvalue weighted by Crippen LogP contribution is -2.08. The van der Waals surface area contributed by atoms with Gasteiger partial charge in [-0.05, 0) is 25.0 Å². The standard InChI is InChI=1S/C11H13N3O/c12-6-8-4-5-9-11(13-8)15-10(14-9)7-2-1-3-7/h4-5,7H,1-3,6,12H2. The molecule has 4 heteroatoms. The van der Waals surface area contributed by atoms with E-state index in [1.54, 1.807) is 0 Å². The molecule has 2 N–H and O–H groups in total. The molecule has 0 radical (unpaired) electrons. The quantitative estimate of drug-likeness (QED) is 0.810. The second-order valence-electron chi connectivity index (χ2n) is 4.01. The van der Waals surface area contributed by atoms with Crippen LogP contribution in [0, 0.1) is 0 Å². The lowest BCUT2D eigenvalue weighted by Gasteiger charge is -2.21. The van der Waals surface area contributed by atoms with Crippen LogP contribution in [0.1, 0.15) is 36.8 Å². The molecule has 0 bridgehead atoms. The van der Waals surface area contributed by atoms with Crippen molar-refractivity contribution in [1.29, 1.82) is 0 Å². The number of fused-ring (bicyclic) bond motifs is 1. The summed E-state index contributed by atoms with van der Waals surface area (Å²) in [7, 11) is 0. The number of hydrogen-bond donors (Lipinski definition) is 1. The molecule has 0 unspecified atom stereocenters. The van der Waals surface area contributed by atoms with Gasteiger partial charge in [-0.25, -0.2) is 9.97 Å². The molecule has 4 nitrogen and oxygen atoms in total. The van der Waals surface area contributed by atoms with Gasteiger partial charge in [0.05, 0.1) is 5.69 Å². The first-order valence-corrected chi connectivity index (χ1v) is 5.33. The summed E-state index contributed by atoms with van der Waals surface area (Å²) in [5.41, 5.74) is 7.83. The first-order valence-electron chi connectivity index (χ1n) is 5.33. The lowest BCUT2D eigenvalue weighted by molar-refractivity contribution is 0.342. The molecule has 2 aromatic rings. The lowest BCUT2D eigenvalue weighted by atomic mass is 9.85. The van der Waals surface area contributed by atoms with Gasteiger partial charge in [-0.3, -0.25) is 0 Å². The van der Waals surface area contributed by atoms with Crippen molar-refractivity contribution in [3.05, 3.63) is 23.7 Å². The van der Waals surface area contributed by atoms with Crippen LogP contribution in [0.2, 0.25) is 0 Å². The average Bonchev–Trinajstić information content (AvgIpc) is 2.56. The zero-order valence-corrected chi connectivity index (χ0v) is 8.44. The molecule has 1 fully saturated rings. The molecule has 0 amide bonds. The Balaban J connectivity index is 2.04. The third-order valence-corrected chi connectivity index (χ3v) is 2.99. The first kappa shape index (κ1) is 8.85. The summed E-state index contributed by atoms with van der Waals surface area (Å²) in [4.78, 5) is 8.74. The molecule has 2 aromatic heterocycles. The molecule has 1 saturated carbocycles. The highest BCUT2D eigenvalue weighted by molar-refractivity contribution is 5.68. The minimum Gasteiger partial charge on any atom is -0.422 e. The van der Waals surface area contributed by atoms with Gasteiger partial charge < -0.3 is 10.2 Å². The van der Waals surface area contributed by atoms with E-state index in [1.807, 2.05) is 12.1 Å². The number of hydrogen-bond acceptors (Lipinski definition) is 4. The first-order chi connectivity index (χ1) is 7.36. The van der Waals surface area contributed by atoms with Crippen LogP contribution in [0.3, 0.4) is 0 Å². The van der Waals surface area contributed by atoms with Gasteiger partial charge in [0.25, 0.3) is 0 Å². The van der Waals surface area contributed by atoms with E-state index in [-0.39, 0.29) is 0 Å². The van der Waals surface area contributed by atoms with Crippen molar-refractivity contribution in [1.82, 2.24) is 9.97 Å². The highest BCUT2D eigenvalue weighted by atomic mass is 16.4. The monoisotopic (exact) mass is 203 g/mol. The van der Waals surface area contributed by atoms with Gasteiger partial charge in [0.2, 0.25) is 11.6 Å². The van der Waals surface area contributed by atoms with E-state index < -0.39 is 0 Å². The molecule has 3 rings (SSSR count). The minimum absolute atomic E-state index is 0.440. The topological polar surface area (TPSA) is 64.9 Å². The Morgan fingerprint density at radius 1 is 1.33 bits per heavy atom. The van der Waals surface area contributed by atoms with Crippen molar-refractivity contribution >= 4 is 11.2 Å². The Hall–Kier alpha value is -1.42. The zero-order valence-electron chi connectivity index (χ0n) is 8.44. The molecule has 78 valence electrons. The Labute approximate surface area is 87.5 Å². The van der Waals surface area contributed by atoms with Gasteiger partial charge in [0, 0.05) is 12.5 Å². The fourth-order valence-electron chi connectivity index (χ4n) is 1.82. The van der Waals surface area contributed by atoms with E-state index in [1.165, 1.54) is 19.3 Å². The van der Waals surface area contributed by atoms with Crippen LogP contribution in [0.25, 0.3) is 11.2 Å². The summed E-state index contributed by atoms with van der Waals surface area (Å²) >= 11 is 0.